The van der Waals surface area contributed by atoms with Gasteiger partial charge in [-0.15, -0.1) is 0 Å². The summed E-state index contributed by atoms with van der Waals surface area (Å²) in [5.41, 5.74) is 0.0105. The Morgan fingerprint density at radius 3 is 2.40 bits per heavy atom. The average molecular weight is 231 g/mol. The van der Waals surface area contributed by atoms with Crippen LogP contribution in [0.25, 0.3) is 0 Å². The Hall–Kier alpha value is 0.0700. The number of hydrogen-bond donors (Lipinski definition) is 2. The summed E-state index contributed by atoms with van der Waals surface area (Å²) in [6.45, 7) is 4.22. The standard InChI is InChI=1S/C11H21NO2S/c1-11(2)9(7-10(11)13)12-8-3-5-15(14)6-4-8/h8-10,12-13H,3-7H2,1-2H3. The fourth-order valence-corrected chi connectivity index (χ4v) is 3.73. The van der Waals surface area contributed by atoms with E-state index in [2.05, 4.69) is 19.2 Å². The lowest BCUT2D eigenvalue weighted by atomic mass is 9.64. The van der Waals surface area contributed by atoms with Gasteiger partial charge >= 0.3 is 0 Å². The van der Waals surface area contributed by atoms with Crippen LogP contribution in [-0.4, -0.2) is 39.0 Å². The van der Waals surface area contributed by atoms with Gasteiger partial charge in [0.25, 0.3) is 0 Å². The molecule has 0 radical (unpaired) electrons. The first kappa shape index (κ1) is 11.6. The van der Waals surface area contributed by atoms with Gasteiger partial charge in [0, 0.05) is 39.8 Å². The number of hydrogen-bond acceptors (Lipinski definition) is 3. The van der Waals surface area contributed by atoms with Gasteiger partial charge in [-0.25, -0.2) is 0 Å². The van der Waals surface area contributed by atoms with E-state index >= 15 is 0 Å². The van der Waals surface area contributed by atoms with Gasteiger partial charge in [-0.05, 0) is 19.3 Å². The third-order valence-electron chi connectivity index (χ3n) is 4.04. The van der Waals surface area contributed by atoms with Gasteiger partial charge in [0.2, 0.25) is 0 Å². The Morgan fingerprint density at radius 1 is 1.33 bits per heavy atom. The van der Waals surface area contributed by atoms with E-state index in [9.17, 15) is 9.32 Å². The zero-order valence-electron chi connectivity index (χ0n) is 9.53. The summed E-state index contributed by atoms with van der Waals surface area (Å²) >= 11 is 0. The Bertz CT molecular complexity index is 257. The van der Waals surface area contributed by atoms with E-state index < -0.39 is 10.8 Å². The Morgan fingerprint density at radius 2 is 1.93 bits per heavy atom. The second kappa shape index (κ2) is 4.15. The van der Waals surface area contributed by atoms with E-state index in [-0.39, 0.29) is 11.5 Å². The number of rotatable bonds is 2. The van der Waals surface area contributed by atoms with Crippen molar-refractivity contribution in [2.24, 2.45) is 5.41 Å². The van der Waals surface area contributed by atoms with Gasteiger partial charge in [-0.1, -0.05) is 13.8 Å². The Balaban J connectivity index is 1.81. The molecule has 0 spiro atoms. The zero-order valence-corrected chi connectivity index (χ0v) is 10.3. The van der Waals surface area contributed by atoms with Crippen molar-refractivity contribution < 1.29 is 9.32 Å². The molecule has 0 aromatic carbocycles. The van der Waals surface area contributed by atoms with E-state index in [4.69, 9.17) is 0 Å². The van der Waals surface area contributed by atoms with E-state index in [1.807, 2.05) is 0 Å². The number of nitrogens with one attached hydrogen (secondary N) is 1. The smallest absolute Gasteiger partial charge is 0.0621 e. The molecule has 2 unspecified atom stereocenters. The quantitative estimate of drug-likeness (QED) is 0.733. The fourth-order valence-electron chi connectivity index (χ4n) is 2.43. The van der Waals surface area contributed by atoms with Crippen LogP contribution in [0.15, 0.2) is 0 Å². The minimum Gasteiger partial charge on any atom is -0.392 e. The molecule has 0 aromatic heterocycles. The van der Waals surface area contributed by atoms with Gasteiger partial charge in [0.15, 0.2) is 0 Å². The van der Waals surface area contributed by atoms with E-state index in [0.29, 0.717) is 12.1 Å². The monoisotopic (exact) mass is 231 g/mol. The molecule has 88 valence electrons. The molecule has 15 heavy (non-hydrogen) atoms. The molecule has 0 bridgehead atoms. The SMILES string of the molecule is CC1(C)C(O)CC1NC1CCS(=O)CC1. The van der Waals surface area contributed by atoms with Gasteiger partial charge in [0.05, 0.1) is 6.10 Å². The maximum Gasteiger partial charge on any atom is 0.0621 e. The van der Waals surface area contributed by atoms with Gasteiger partial charge in [-0.2, -0.15) is 0 Å². The van der Waals surface area contributed by atoms with Crippen molar-refractivity contribution in [2.45, 2.75) is 51.3 Å². The average Bonchev–Trinajstić information content (AvgIpc) is 2.21. The predicted molar refractivity (Wildman–Crippen MR) is 62.2 cm³/mol. The predicted octanol–water partition coefficient (Wildman–Crippen LogP) is 0.646. The molecular weight excluding hydrogens is 210 g/mol. The minimum absolute atomic E-state index is 0.0105. The van der Waals surface area contributed by atoms with Crippen LogP contribution >= 0.6 is 0 Å². The molecule has 2 fully saturated rings. The van der Waals surface area contributed by atoms with E-state index in [0.717, 1.165) is 30.8 Å². The largest absolute Gasteiger partial charge is 0.392 e. The first-order valence-electron chi connectivity index (χ1n) is 5.79. The minimum atomic E-state index is -0.575. The van der Waals surface area contributed by atoms with Crippen LogP contribution in [0.3, 0.4) is 0 Å². The van der Waals surface area contributed by atoms with Crippen molar-refractivity contribution in [1.82, 2.24) is 5.32 Å². The highest BCUT2D eigenvalue weighted by molar-refractivity contribution is 7.85. The summed E-state index contributed by atoms with van der Waals surface area (Å²) in [5.74, 6) is 1.68. The van der Waals surface area contributed by atoms with E-state index in [1.165, 1.54) is 0 Å². The molecule has 2 N–H and O–H groups in total. The van der Waals surface area contributed by atoms with Gasteiger partial charge in [-0.3, -0.25) is 4.21 Å². The molecule has 3 nitrogen and oxygen atoms in total. The molecule has 2 rings (SSSR count). The summed E-state index contributed by atoms with van der Waals surface area (Å²) in [6.07, 6.45) is 2.75. The van der Waals surface area contributed by atoms with Crippen LogP contribution in [0.2, 0.25) is 0 Å². The maximum atomic E-state index is 11.2. The highest BCUT2D eigenvalue weighted by Gasteiger charge is 2.47. The van der Waals surface area contributed by atoms with Crippen LogP contribution in [0.5, 0.6) is 0 Å². The molecule has 2 atom stereocenters. The summed E-state index contributed by atoms with van der Waals surface area (Å²) in [4.78, 5) is 0. The molecule has 2 aliphatic rings. The van der Waals surface area contributed by atoms with Crippen molar-refractivity contribution >= 4 is 10.8 Å². The van der Waals surface area contributed by atoms with Crippen molar-refractivity contribution in [3.63, 3.8) is 0 Å². The molecule has 1 saturated heterocycles. The van der Waals surface area contributed by atoms with Gasteiger partial charge in [0.1, 0.15) is 0 Å². The van der Waals surface area contributed by atoms with Crippen LogP contribution in [0.4, 0.5) is 0 Å². The Labute approximate surface area is 94.1 Å². The Kier molecular flexibility index (Phi) is 3.20. The molecule has 4 heteroatoms. The highest BCUT2D eigenvalue weighted by Crippen LogP contribution is 2.40. The molecule has 0 amide bonds. The summed E-state index contributed by atoms with van der Waals surface area (Å²) < 4.78 is 11.2. The third-order valence-corrected chi connectivity index (χ3v) is 5.42. The van der Waals surface area contributed by atoms with Crippen molar-refractivity contribution in [2.75, 3.05) is 11.5 Å². The first-order valence-corrected chi connectivity index (χ1v) is 7.28. The molecule has 1 heterocycles. The maximum absolute atomic E-state index is 11.2. The molecule has 0 aromatic rings. The summed E-state index contributed by atoms with van der Waals surface area (Å²) in [5, 5.41) is 13.2. The highest BCUT2D eigenvalue weighted by atomic mass is 32.2. The fraction of sp³-hybridized carbons (Fsp3) is 1.00. The van der Waals surface area contributed by atoms with Crippen molar-refractivity contribution in [3.8, 4) is 0 Å². The normalized spacial score (nSPS) is 44.7. The van der Waals surface area contributed by atoms with Crippen LogP contribution in [-0.2, 0) is 10.8 Å². The summed E-state index contributed by atoms with van der Waals surface area (Å²) in [6, 6.07) is 0.948. The van der Waals surface area contributed by atoms with Gasteiger partial charge < -0.3 is 10.4 Å². The second-order valence-corrected chi connectivity index (χ2v) is 7.11. The zero-order chi connectivity index (χ0) is 11.1. The first-order chi connectivity index (χ1) is 7.00. The lowest BCUT2D eigenvalue weighted by Gasteiger charge is -2.51. The summed E-state index contributed by atoms with van der Waals surface area (Å²) in [7, 11) is -0.575. The molecular formula is C11H21NO2S. The second-order valence-electron chi connectivity index (χ2n) is 5.41. The number of aliphatic hydroxyl groups is 1. The molecule has 1 aliphatic carbocycles. The third kappa shape index (κ3) is 2.27. The molecule has 1 saturated carbocycles. The van der Waals surface area contributed by atoms with Crippen LogP contribution < -0.4 is 5.32 Å². The van der Waals surface area contributed by atoms with Crippen LogP contribution in [0.1, 0.15) is 33.1 Å². The lowest BCUT2D eigenvalue weighted by Crippen LogP contribution is -2.62. The molecule has 1 aliphatic heterocycles. The van der Waals surface area contributed by atoms with Crippen molar-refractivity contribution in [3.05, 3.63) is 0 Å². The number of aliphatic hydroxyl groups excluding tert-OH is 1. The lowest BCUT2D eigenvalue weighted by molar-refractivity contribution is -0.0761. The topological polar surface area (TPSA) is 49.3 Å². The van der Waals surface area contributed by atoms with Crippen molar-refractivity contribution in [1.29, 1.82) is 0 Å². The van der Waals surface area contributed by atoms with Crippen LogP contribution in [0, 0.1) is 5.41 Å². The van der Waals surface area contributed by atoms with E-state index in [1.54, 1.807) is 0 Å².